The third-order valence-electron chi connectivity index (χ3n) is 4.95. The van der Waals surface area contributed by atoms with E-state index < -0.39 is 5.82 Å². The molecule has 1 saturated carbocycles. The fourth-order valence-electron chi connectivity index (χ4n) is 4.02. The summed E-state index contributed by atoms with van der Waals surface area (Å²) in [5, 5.41) is 0. The number of fused-ring (bicyclic) bond motifs is 5. The summed E-state index contributed by atoms with van der Waals surface area (Å²) in [4.78, 5) is 26.5. The van der Waals surface area contributed by atoms with Crippen LogP contribution < -0.4 is 4.90 Å². The maximum Gasteiger partial charge on any atom is 0.238 e. The van der Waals surface area contributed by atoms with Crippen LogP contribution in [0.25, 0.3) is 0 Å². The summed E-state index contributed by atoms with van der Waals surface area (Å²) in [5.74, 6) is -0.978. The number of allylic oxidation sites excluding steroid dienone is 2. The number of carbonyl (C=O) groups is 2. The summed E-state index contributed by atoms with van der Waals surface area (Å²) < 4.78 is 14.2. The molecular formula is C16H13BrFNO2. The van der Waals surface area contributed by atoms with E-state index in [1.54, 1.807) is 13.0 Å². The lowest BCUT2D eigenvalue weighted by atomic mass is 9.85. The van der Waals surface area contributed by atoms with Crippen LogP contribution in [-0.2, 0) is 9.59 Å². The Labute approximate surface area is 129 Å². The van der Waals surface area contributed by atoms with Gasteiger partial charge in [0.1, 0.15) is 5.82 Å². The minimum Gasteiger partial charge on any atom is -0.274 e. The zero-order valence-electron chi connectivity index (χ0n) is 11.3. The molecule has 21 heavy (non-hydrogen) atoms. The highest BCUT2D eigenvalue weighted by atomic mass is 79.9. The number of anilines is 1. The second-order valence-electron chi connectivity index (χ2n) is 6.06. The van der Waals surface area contributed by atoms with Gasteiger partial charge in [-0.2, -0.15) is 0 Å². The standard InChI is InChI=1S/C16H13BrFNO2/c1-7-4-10(17)11(18)6-12(7)19-15(20)13-8-2-3-9(5-8)14(13)16(19)21/h2-4,6,8-9,13-14H,5H2,1H3. The number of nitrogens with zero attached hydrogens (tertiary/aromatic N) is 1. The van der Waals surface area contributed by atoms with E-state index in [0.717, 1.165) is 6.42 Å². The highest BCUT2D eigenvalue weighted by Crippen LogP contribution is 2.53. The molecule has 1 aliphatic heterocycles. The molecule has 3 aliphatic rings. The molecule has 2 amide bonds. The molecule has 108 valence electrons. The quantitative estimate of drug-likeness (QED) is 0.576. The molecule has 2 aliphatic carbocycles. The van der Waals surface area contributed by atoms with Crippen molar-refractivity contribution in [3.05, 3.63) is 40.1 Å². The molecule has 0 spiro atoms. The zero-order chi connectivity index (χ0) is 14.9. The Balaban J connectivity index is 1.80. The average molecular weight is 350 g/mol. The predicted octanol–water partition coefficient (Wildman–Crippen LogP) is 3.21. The molecule has 1 heterocycles. The molecule has 1 aromatic carbocycles. The van der Waals surface area contributed by atoms with Crippen LogP contribution in [-0.4, -0.2) is 11.8 Å². The molecule has 0 aromatic heterocycles. The van der Waals surface area contributed by atoms with E-state index in [4.69, 9.17) is 0 Å². The Bertz CT molecular complexity index is 684. The van der Waals surface area contributed by atoms with Gasteiger partial charge in [0.15, 0.2) is 0 Å². The number of halogens is 2. The Kier molecular flexibility index (Phi) is 2.67. The van der Waals surface area contributed by atoms with E-state index in [2.05, 4.69) is 28.1 Å². The number of benzene rings is 1. The first-order chi connectivity index (χ1) is 9.99. The molecule has 0 radical (unpaired) electrons. The van der Waals surface area contributed by atoms with Gasteiger partial charge in [0.05, 0.1) is 22.0 Å². The van der Waals surface area contributed by atoms with Gasteiger partial charge >= 0.3 is 0 Å². The van der Waals surface area contributed by atoms with Gasteiger partial charge in [0.2, 0.25) is 11.8 Å². The van der Waals surface area contributed by atoms with Gasteiger partial charge in [-0.25, -0.2) is 9.29 Å². The number of aryl methyl sites for hydroxylation is 1. The average Bonchev–Trinajstić information content (AvgIpc) is 3.09. The minimum absolute atomic E-state index is 0.169. The molecule has 0 N–H and O–H groups in total. The summed E-state index contributed by atoms with van der Waals surface area (Å²) in [6.07, 6.45) is 5.00. The molecule has 5 heteroatoms. The molecular weight excluding hydrogens is 337 g/mol. The van der Waals surface area contributed by atoms with Crippen LogP contribution in [0.2, 0.25) is 0 Å². The minimum atomic E-state index is -0.464. The van der Waals surface area contributed by atoms with E-state index >= 15 is 0 Å². The fourth-order valence-corrected chi connectivity index (χ4v) is 4.47. The van der Waals surface area contributed by atoms with Gasteiger partial charge < -0.3 is 0 Å². The van der Waals surface area contributed by atoms with Crippen molar-refractivity contribution in [1.29, 1.82) is 0 Å². The van der Waals surface area contributed by atoms with Crippen molar-refractivity contribution in [3.63, 3.8) is 0 Å². The summed E-state index contributed by atoms with van der Waals surface area (Å²) in [6, 6.07) is 2.87. The molecule has 4 rings (SSSR count). The monoisotopic (exact) mass is 349 g/mol. The van der Waals surface area contributed by atoms with Crippen molar-refractivity contribution in [2.24, 2.45) is 23.7 Å². The maximum atomic E-state index is 13.8. The van der Waals surface area contributed by atoms with Crippen LogP contribution in [0, 0.1) is 36.4 Å². The van der Waals surface area contributed by atoms with Crippen molar-refractivity contribution >= 4 is 33.4 Å². The van der Waals surface area contributed by atoms with Gasteiger partial charge in [-0.1, -0.05) is 12.2 Å². The van der Waals surface area contributed by atoms with Crippen LogP contribution in [0.15, 0.2) is 28.8 Å². The van der Waals surface area contributed by atoms with Crippen molar-refractivity contribution in [2.75, 3.05) is 4.90 Å². The van der Waals surface area contributed by atoms with Gasteiger partial charge in [0.25, 0.3) is 0 Å². The molecule has 2 fully saturated rings. The summed E-state index contributed by atoms with van der Waals surface area (Å²) >= 11 is 3.12. The maximum absolute atomic E-state index is 13.8. The molecule has 2 bridgehead atoms. The first-order valence-electron chi connectivity index (χ1n) is 7.01. The summed E-state index contributed by atoms with van der Waals surface area (Å²) in [7, 11) is 0. The van der Waals surface area contributed by atoms with Gasteiger partial charge in [-0.05, 0) is 58.8 Å². The van der Waals surface area contributed by atoms with Crippen LogP contribution in [0.4, 0.5) is 10.1 Å². The Hall–Kier alpha value is -1.49. The highest BCUT2D eigenvalue weighted by molar-refractivity contribution is 9.10. The topological polar surface area (TPSA) is 37.4 Å². The molecule has 1 aromatic rings. The first kappa shape index (κ1) is 13.2. The van der Waals surface area contributed by atoms with Crippen molar-refractivity contribution in [1.82, 2.24) is 0 Å². The number of imide groups is 1. The Morgan fingerprint density at radius 3 is 2.29 bits per heavy atom. The highest BCUT2D eigenvalue weighted by Gasteiger charge is 2.59. The summed E-state index contributed by atoms with van der Waals surface area (Å²) in [6.45, 7) is 1.78. The number of rotatable bonds is 1. The third kappa shape index (κ3) is 1.64. The lowest BCUT2D eigenvalue weighted by Crippen LogP contribution is -2.33. The Morgan fingerprint density at radius 1 is 1.14 bits per heavy atom. The van der Waals surface area contributed by atoms with E-state index in [9.17, 15) is 14.0 Å². The normalized spacial score (nSPS) is 33.2. The van der Waals surface area contributed by atoms with Crippen molar-refractivity contribution in [3.8, 4) is 0 Å². The zero-order valence-corrected chi connectivity index (χ0v) is 12.9. The third-order valence-corrected chi connectivity index (χ3v) is 5.56. The molecule has 4 unspecified atom stereocenters. The van der Waals surface area contributed by atoms with Crippen molar-refractivity contribution < 1.29 is 14.0 Å². The van der Waals surface area contributed by atoms with Gasteiger partial charge in [-0.15, -0.1) is 0 Å². The number of amides is 2. The van der Waals surface area contributed by atoms with Crippen molar-refractivity contribution in [2.45, 2.75) is 13.3 Å². The lowest BCUT2D eigenvalue weighted by molar-refractivity contribution is -0.123. The fraction of sp³-hybridized carbons (Fsp3) is 0.375. The molecule has 3 nitrogen and oxygen atoms in total. The number of hydrogen-bond acceptors (Lipinski definition) is 2. The van der Waals surface area contributed by atoms with Gasteiger partial charge in [0, 0.05) is 0 Å². The van der Waals surface area contributed by atoms with E-state index in [-0.39, 0.29) is 35.5 Å². The van der Waals surface area contributed by atoms with E-state index in [1.165, 1.54) is 11.0 Å². The molecule has 1 saturated heterocycles. The van der Waals surface area contributed by atoms with Crippen LogP contribution >= 0.6 is 15.9 Å². The summed E-state index contributed by atoms with van der Waals surface area (Å²) in [5.41, 5.74) is 1.09. The molecule has 4 atom stereocenters. The smallest absolute Gasteiger partial charge is 0.238 e. The van der Waals surface area contributed by atoms with E-state index in [1.807, 2.05) is 0 Å². The van der Waals surface area contributed by atoms with E-state index in [0.29, 0.717) is 15.7 Å². The van der Waals surface area contributed by atoms with Gasteiger partial charge in [-0.3, -0.25) is 9.59 Å². The Morgan fingerprint density at radius 2 is 1.71 bits per heavy atom. The number of hydrogen-bond donors (Lipinski definition) is 0. The SMILES string of the molecule is Cc1cc(Br)c(F)cc1N1C(=O)C2C3C=CC(C3)C2C1=O. The lowest BCUT2D eigenvalue weighted by Gasteiger charge is -2.19. The first-order valence-corrected chi connectivity index (χ1v) is 7.80. The van der Waals surface area contributed by atoms with Crippen LogP contribution in [0.5, 0.6) is 0 Å². The van der Waals surface area contributed by atoms with Crippen LogP contribution in [0.3, 0.4) is 0 Å². The van der Waals surface area contributed by atoms with Crippen LogP contribution in [0.1, 0.15) is 12.0 Å². The largest absolute Gasteiger partial charge is 0.274 e. The second-order valence-corrected chi connectivity index (χ2v) is 6.92. The number of carbonyl (C=O) groups excluding carboxylic acids is 2. The second kappa shape index (κ2) is 4.26. The predicted molar refractivity (Wildman–Crippen MR) is 79.0 cm³/mol.